The standard InChI is InChI=1S/C14H14F3N3O/c1-21-10-4-2-9(3-5-10)11-6-7-20-8-12(14(15,16)17)19-13(20)18-11/h2-5,8,11H,6-7H2,1H3,(H,18,19). The van der Waals surface area contributed by atoms with Crippen LogP contribution in [-0.4, -0.2) is 16.7 Å². The summed E-state index contributed by atoms with van der Waals surface area (Å²) in [7, 11) is 1.59. The first-order valence-corrected chi connectivity index (χ1v) is 6.52. The molecule has 0 saturated heterocycles. The molecule has 1 atom stereocenters. The smallest absolute Gasteiger partial charge is 0.434 e. The second-order valence-corrected chi connectivity index (χ2v) is 4.90. The van der Waals surface area contributed by atoms with Gasteiger partial charge in [-0.1, -0.05) is 12.1 Å². The van der Waals surface area contributed by atoms with Crippen LogP contribution in [0.15, 0.2) is 30.5 Å². The predicted molar refractivity (Wildman–Crippen MR) is 71.2 cm³/mol. The molecule has 1 aliphatic heterocycles. The van der Waals surface area contributed by atoms with Crippen molar-refractivity contribution in [2.24, 2.45) is 0 Å². The Labute approximate surface area is 119 Å². The first-order chi connectivity index (χ1) is 9.97. The summed E-state index contributed by atoms with van der Waals surface area (Å²) in [5, 5.41) is 3.05. The number of halogens is 3. The maximum Gasteiger partial charge on any atom is 0.434 e. The summed E-state index contributed by atoms with van der Waals surface area (Å²) in [4.78, 5) is 3.63. The Balaban J connectivity index is 1.81. The van der Waals surface area contributed by atoms with Gasteiger partial charge in [-0.3, -0.25) is 0 Å². The first-order valence-electron chi connectivity index (χ1n) is 6.52. The summed E-state index contributed by atoms with van der Waals surface area (Å²) >= 11 is 0. The van der Waals surface area contributed by atoms with Crippen LogP contribution in [0.4, 0.5) is 19.1 Å². The molecule has 7 heteroatoms. The average Bonchev–Trinajstić information content (AvgIpc) is 2.90. The topological polar surface area (TPSA) is 39.1 Å². The zero-order valence-corrected chi connectivity index (χ0v) is 11.3. The minimum atomic E-state index is -4.42. The van der Waals surface area contributed by atoms with E-state index in [9.17, 15) is 13.2 Å². The quantitative estimate of drug-likeness (QED) is 0.922. The fourth-order valence-electron chi connectivity index (χ4n) is 2.42. The lowest BCUT2D eigenvalue weighted by molar-refractivity contribution is -0.140. The van der Waals surface area contributed by atoms with Gasteiger partial charge in [-0.15, -0.1) is 0 Å². The average molecular weight is 297 g/mol. The number of nitrogens with one attached hydrogen (secondary N) is 1. The van der Waals surface area contributed by atoms with Gasteiger partial charge in [0.15, 0.2) is 5.69 Å². The lowest BCUT2D eigenvalue weighted by Gasteiger charge is -2.25. The Morgan fingerprint density at radius 2 is 2.00 bits per heavy atom. The number of rotatable bonds is 2. The molecule has 1 aromatic heterocycles. The largest absolute Gasteiger partial charge is 0.497 e. The van der Waals surface area contributed by atoms with Crippen LogP contribution in [0.1, 0.15) is 23.7 Å². The molecule has 0 radical (unpaired) electrons. The van der Waals surface area contributed by atoms with Crippen LogP contribution >= 0.6 is 0 Å². The van der Waals surface area contributed by atoms with Gasteiger partial charge in [0.1, 0.15) is 5.75 Å². The molecule has 2 aromatic rings. The summed E-state index contributed by atoms with van der Waals surface area (Å²) in [6, 6.07) is 7.42. The van der Waals surface area contributed by atoms with Crippen molar-refractivity contribution in [1.82, 2.24) is 9.55 Å². The Hall–Kier alpha value is -2.18. The van der Waals surface area contributed by atoms with Gasteiger partial charge in [-0.05, 0) is 24.1 Å². The predicted octanol–water partition coefficient (Wildman–Crippen LogP) is 3.47. The fraction of sp³-hybridized carbons (Fsp3) is 0.357. The number of methoxy groups -OCH3 is 1. The molecule has 0 saturated carbocycles. The van der Waals surface area contributed by atoms with E-state index in [1.54, 1.807) is 7.11 Å². The van der Waals surface area contributed by atoms with E-state index in [1.807, 2.05) is 24.3 Å². The Morgan fingerprint density at radius 3 is 2.62 bits per heavy atom. The van der Waals surface area contributed by atoms with Crippen molar-refractivity contribution in [3.05, 3.63) is 41.7 Å². The zero-order chi connectivity index (χ0) is 15.0. The number of imidazole rings is 1. The Morgan fingerprint density at radius 1 is 1.29 bits per heavy atom. The van der Waals surface area contributed by atoms with E-state index < -0.39 is 11.9 Å². The van der Waals surface area contributed by atoms with Gasteiger partial charge in [0, 0.05) is 12.7 Å². The SMILES string of the molecule is COc1ccc(C2CCn3cc(C(F)(F)F)nc3N2)cc1. The third kappa shape index (κ3) is 2.68. The molecule has 0 amide bonds. The number of anilines is 1. The number of ether oxygens (including phenoxy) is 1. The summed E-state index contributed by atoms with van der Waals surface area (Å²) in [6.45, 7) is 0.502. The molecule has 1 unspecified atom stereocenters. The van der Waals surface area contributed by atoms with Crippen molar-refractivity contribution in [3.8, 4) is 5.75 Å². The fourth-order valence-corrected chi connectivity index (χ4v) is 2.42. The molecule has 0 fully saturated rings. The first kappa shape index (κ1) is 13.8. The third-order valence-electron chi connectivity index (χ3n) is 3.55. The van der Waals surface area contributed by atoms with Crippen LogP contribution in [-0.2, 0) is 12.7 Å². The van der Waals surface area contributed by atoms with E-state index in [2.05, 4.69) is 10.3 Å². The van der Waals surface area contributed by atoms with Crippen LogP contribution in [0.2, 0.25) is 0 Å². The second-order valence-electron chi connectivity index (χ2n) is 4.90. The molecular formula is C14H14F3N3O. The highest BCUT2D eigenvalue weighted by Gasteiger charge is 2.35. The number of nitrogens with zero attached hydrogens (tertiary/aromatic N) is 2. The minimum absolute atomic E-state index is 0.0492. The molecule has 2 heterocycles. The van der Waals surface area contributed by atoms with Gasteiger partial charge < -0.3 is 14.6 Å². The number of aryl methyl sites for hydroxylation is 1. The highest BCUT2D eigenvalue weighted by Crippen LogP contribution is 2.34. The van der Waals surface area contributed by atoms with E-state index >= 15 is 0 Å². The van der Waals surface area contributed by atoms with E-state index in [4.69, 9.17) is 4.74 Å². The molecular weight excluding hydrogens is 283 g/mol. The van der Waals surface area contributed by atoms with E-state index in [-0.39, 0.29) is 12.0 Å². The minimum Gasteiger partial charge on any atom is -0.497 e. The third-order valence-corrected chi connectivity index (χ3v) is 3.55. The Kier molecular flexibility index (Phi) is 3.27. The van der Waals surface area contributed by atoms with Crippen LogP contribution in [0, 0.1) is 0 Å². The van der Waals surface area contributed by atoms with Gasteiger partial charge >= 0.3 is 6.18 Å². The van der Waals surface area contributed by atoms with Crippen molar-refractivity contribution in [1.29, 1.82) is 0 Å². The zero-order valence-electron chi connectivity index (χ0n) is 11.3. The van der Waals surface area contributed by atoms with Crippen molar-refractivity contribution in [3.63, 3.8) is 0 Å². The molecule has 0 spiro atoms. The molecule has 1 N–H and O–H groups in total. The maximum atomic E-state index is 12.7. The molecule has 1 aliphatic rings. The number of hydrogen-bond donors (Lipinski definition) is 1. The van der Waals surface area contributed by atoms with Gasteiger partial charge in [0.2, 0.25) is 5.95 Å². The number of benzene rings is 1. The molecule has 1 aromatic carbocycles. The monoisotopic (exact) mass is 297 g/mol. The lowest BCUT2D eigenvalue weighted by atomic mass is 10.0. The number of hydrogen-bond acceptors (Lipinski definition) is 3. The number of aromatic nitrogens is 2. The van der Waals surface area contributed by atoms with Crippen molar-refractivity contribution < 1.29 is 17.9 Å². The van der Waals surface area contributed by atoms with E-state index in [0.29, 0.717) is 13.0 Å². The summed E-state index contributed by atoms with van der Waals surface area (Å²) in [5.41, 5.74) is 0.138. The summed E-state index contributed by atoms with van der Waals surface area (Å²) < 4.78 is 44.6. The molecule has 3 rings (SSSR count). The molecule has 21 heavy (non-hydrogen) atoms. The van der Waals surface area contributed by atoms with Gasteiger partial charge in [-0.25, -0.2) is 4.98 Å². The maximum absolute atomic E-state index is 12.7. The van der Waals surface area contributed by atoms with Gasteiger partial charge in [-0.2, -0.15) is 13.2 Å². The van der Waals surface area contributed by atoms with Crippen molar-refractivity contribution in [2.45, 2.75) is 25.2 Å². The highest BCUT2D eigenvalue weighted by atomic mass is 19.4. The van der Waals surface area contributed by atoms with Gasteiger partial charge in [0.05, 0.1) is 13.2 Å². The van der Waals surface area contributed by atoms with Crippen molar-refractivity contribution in [2.75, 3.05) is 12.4 Å². The summed E-state index contributed by atoms with van der Waals surface area (Å²) in [5.74, 6) is 1.00. The van der Waals surface area contributed by atoms with Crippen LogP contribution in [0.3, 0.4) is 0 Å². The second kappa shape index (κ2) is 4.98. The number of fused-ring (bicyclic) bond motifs is 1. The lowest BCUT2D eigenvalue weighted by Crippen LogP contribution is -2.21. The van der Waals surface area contributed by atoms with Crippen LogP contribution in [0.25, 0.3) is 0 Å². The summed E-state index contributed by atoms with van der Waals surface area (Å²) in [6.07, 6.45) is -2.67. The van der Waals surface area contributed by atoms with Crippen LogP contribution < -0.4 is 10.1 Å². The van der Waals surface area contributed by atoms with E-state index in [1.165, 1.54) is 4.57 Å². The normalized spacial score (nSPS) is 18.0. The van der Waals surface area contributed by atoms with E-state index in [0.717, 1.165) is 17.5 Å². The number of alkyl halides is 3. The highest BCUT2D eigenvalue weighted by molar-refractivity contribution is 5.39. The van der Waals surface area contributed by atoms with Gasteiger partial charge in [0.25, 0.3) is 0 Å². The van der Waals surface area contributed by atoms with Crippen molar-refractivity contribution >= 4 is 5.95 Å². The molecule has 0 bridgehead atoms. The van der Waals surface area contributed by atoms with Crippen LogP contribution in [0.5, 0.6) is 5.75 Å². The molecule has 0 aliphatic carbocycles. The Bertz CT molecular complexity index is 634. The molecule has 4 nitrogen and oxygen atoms in total. The molecule has 112 valence electrons.